The molecule has 0 radical (unpaired) electrons. The number of benzene rings is 1. The summed E-state index contributed by atoms with van der Waals surface area (Å²) >= 11 is 0. The van der Waals surface area contributed by atoms with E-state index < -0.39 is 0 Å². The van der Waals surface area contributed by atoms with Crippen molar-refractivity contribution in [1.82, 2.24) is 19.3 Å². The molecule has 0 fully saturated rings. The van der Waals surface area contributed by atoms with Gasteiger partial charge < -0.3 is 4.57 Å². The van der Waals surface area contributed by atoms with Crippen LogP contribution in [0.25, 0.3) is 10.9 Å². The van der Waals surface area contributed by atoms with Crippen LogP contribution in [0.15, 0.2) is 36.7 Å². The molecular formula is C13H11N5. The number of para-hydroxylation sites is 1. The topological polar surface area (TPSA) is 59.4 Å². The van der Waals surface area contributed by atoms with E-state index in [1.54, 1.807) is 17.0 Å². The number of nitriles is 1. The van der Waals surface area contributed by atoms with E-state index in [-0.39, 0.29) is 0 Å². The third-order valence-corrected chi connectivity index (χ3v) is 2.97. The number of imidazole rings is 1. The average molecular weight is 237 g/mol. The van der Waals surface area contributed by atoms with Gasteiger partial charge in [0.15, 0.2) is 0 Å². The minimum absolute atomic E-state index is 0.407. The highest BCUT2D eigenvalue weighted by Crippen LogP contribution is 2.18. The predicted molar refractivity (Wildman–Crippen MR) is 66.8 cm³/mol. The number of aromatic nitrogens is 4. The van der Waals surface area contributed by atoms with Crippen LogP contribution in [0.3, 0.4) is 0 Å². The molecule has 0 aliphatic carbocycles. The van der Waals surface area contributed by atoms with Crippen molar-refractivity contribution in [2.75, 3.05) is 0 Å². The van der Waals surface area contributed by atoms with Gasteiger partial charge in [-0.3, -0.25) is 4.68 Å². The normalized spacial score (nSPS) is 10.7. The van der Waals surface area contributed by atoms with E-state index in [2.05, 4.69) is 16.2 Å². The van der Waals surface area contributed by atoms with Gasteiger partial charge in [0.1, 0.15) is 6.07 Å². The molecule has 0 amide bonds. The van der Waals surface area contributed by atoms with Crippen molar-refractivity contribution >= 4 is 10.9 Å². The standard InChI is InChI=1S/C13H11N5/c1-17-12-5-3-2-4-10(12)11(16-17)9-18-7-6-15-13(18)8-14/h2-7H,9H2,1H3. The number of hydrogen-bond acceptors (Lipinski definition) is 3. The summed E-state index contributed by atoms with van der Waals surface area (Å²) in [4.78, 5) is 3.98. The molecule has 3 aromatic rings. The summed E-state index contributed by atoms with van der Waals surface area (Å²) in [6.07, 6.45) is 3.42. The molecule has 3 rings (SSSR count). The largest absolute Gasteiger partial charge is 0.317 e. The maximum absolute atomic E-state index is 8.94. The fourth-order valence-electron chi connectivity index (χ4n) is 2.12. The molecule has 0 bridgehead atoms. The SMILES string of the molecule is Cn1nc(Cn2ccnc2C#N)c2ccccc21. The first-order valence-electron chi connectivity index (χ1n) is 5.61. The van der Waals surface area contributed by atoms with E-state index in [0.29, 0.717) is 12.4 Å². The highest BCUT2D eigenvalue weighted by atomic mass is 15.3. The van der Waals surface area contributed by atoms with Crippen LogP contribution < -0.4 is 0 Å². The van der Waals surface area contributed by atoms with Crippen molar-refractivity contribution in [2.45, 2.75) is 6.54 Å². The second-order valence-electron chi connectivity index (χ2n) is 4.08. The van der Waals surface area contributed by atoms with Crippen LogP contribution in [-0.2, 0) is 13.6 Å². The van der Waals surface area contributed by atoms with Crippen LogP contribution >= 0.6 is 0 Å². The second-order valence-corrected chi connectivity index (χ2v) is 4.08. The third-order valence-electron chi connectivity index (χ3n) is 2.97. The molecule has 0 unspecified atom stereocenters. The molecule has 0 saturated heterocycles. The van der Waals surface area contributed by atoms with Crippen molar-refractivity contribution < 1.29 is 0 Å². The lowest BCUT2D eigenvalue weighted by Gasteiger charge is -2.00. The maximum atomic E-state index is 8.94. The summed E-state index contributed by atoms with van der Waals surface area (Å²) < 4.78 is 3.66. The van der Waals surface area contributed by atoms with Gasteiger partial charge in [0, 0.05) is 24.8 Å². The predicted octanol–water partition coefficient (Wildman–Crippen LogP) is 1.69. The van der Waals surface area contributed by atoms with Crippen LogP contribution in [0.5, 0.6) is 0 Å². The molecule has 0 atom stereocenters. The first kappa shape index (κ1) is 10.5. The van der Waals surface area contributed by atoms with Gasteiger partial charge in [-0.2, -0.15) is 10.4 Å². The van der Waals surface area contributed by atoms with Gasteiger partial charge in [-0.15, -0.1) is 0 Å². The van der Waals surface area contributed by atoms with Crippen LogP contribution in [0.1, 0.15) is 11.5 Å². The van der Waals surface area contributed by atoms with Crippen molar-refractivity contribution in [3.05, 3.63) is 48.2 Å². The van der Waals surface area contributed by atoms with E-state index in [0.717, 1.165) is 16.6 Å². The van der Waals surface area contributed by atoms with Crippen molar-refractivity contribution in [3.8, 4) is 6.07 Å². The smallest absolute Gasteiger partial charge is 0.213 e. The fourth-order valence-corrected chi connectivity index (χ4v) is 2.12. The molecule has 0 spiro atoms. The monoisotopic (exact) mass is 237 g/mol. The van der Waals surface area contributed by atoms with Gasteiger partial charge in [-0.05, 0) is 6.07 Å². The maximum Gasteiger partial charge on any atom is 0.213 e. The van der Waals surface area contributed by atoms with Gasteiger partial charge in [0.2, 0.25) is 5.82 Å². The zero-order chi connectivity index (χ0) is 12.5. The molecule has 5 heteroatoms. The van der Waals surface area contributed by atoms with Gasteiger partial charge in [0.05, 0.1) is 17.8 Å². The summed E-state index contributed by atoms with van der Waals surface area (Å²) in [5, 5.41) is 14.6. The molecule has 2 heterocycles. The number of rotatable bonds is 2. The Morgan fingerprint density at radius 1 is 1.33 bits per heavy atom. The first-order chi connectivity index (χ1) is 8.79. The summed E-state index contributed by atoms with van der Waals surface area (Å²) in [6, 6.07) is 10.1. The second kappa shape index (κ2) is 4.00. The van der Waals surface area contributed by atoms with Crippen LogP contribution in [-0.4, -0.2) is 19.3 Å². The van der Waals surface area contributed by atoms with Crippen LogP contribution in [0.2, 0.25) is 0 Å². The molecule has 0 saturated carbocycles. The lowest BCUT2D eigenvalue weighted by atomic mass is 10.2. The van der Waals surface area contributed by atoms with E-state index >= 15 is 0 Å². The minimum atomic E-state index is 0.407. The summed E-state index contributed by atoms with van der Waals surface area (Å²) in [5.74, 6) is 0.407. The molecule has 2 aromatic heterocycles. The Labute approximate surface area is 104 Å². The lowest BCUT2D eigenvalue weighted by Crippen LogP contribution is -2.03. The molecule has 5 nitrogen and oxygen atoms in total. The van der Waals surface area contributed by atoms with Crippen molar-refractivity contribution in [2.24, 2.45) is 7.05 Å². The Kier molecular flexibility index (Phi) is 2.34. The van der Waals surface area contributed by atoms with Gasteiger partial charge in [-0.1, -0.05) is 18.2 Å². The highest BCUT2D eigenvalue weighted by Gasteiger charge is 2.10. The third kappa shape index (κ3) is 1.55. The zero-order valence-electron chi connectivity index (χ0n) is 9.91. The Bertz CT molecular complexity index is 744. The van der Waals surface area contributed by atoms with Crippen LogP contribution in [0.4, 0.5) is 0 Å². The first-order valence-corrected chi connectivity index (χ1v) is 5.61. The summed E-state index contributed by atoms with van der Waals surface area (Å²) in [6.45, 7) is 0.560. The molecule has 88 valence electrons. The Morgan fingerprint density at radius 3 is 3.00 bits per heavy atom. The number of aryl methyl sites for hydroxylation is 1. The fraction of sp³-hybridized carbons (Fsp3) is 0.154. The average Bonchev–Trinajstić information content (AvgIpc) is 2.96. The number of hydrogen-bond donors (Lipinski definition) is 0. The highest BCUT2D eigenvalue weighted by molar-refractivity contribution is 5.81. The van der Waals surface area contributed by atoms with Crippen molar-refractivity contribution in [3.63, 3.8) is 0 Å². The Hall–Kier alpha value is -2.61. The molecular weight excluding hydrogens is 226 g/mol. The number of nitrogens with zero attached hydrogens (tertiary/aromatic N) is 5. The van der Waals surface area contributed by atoms with E-state index in [4.69, 9.17) is 5.26 Å². The quantitative estimate of drug-likeness (QED) is 0.681. The molecule has 0 aliphatic rings. The van der Waals surface area contributed by atoms with Crippen molar-refractivity contribution in [1.29, 1.82) is 5.26 Å². The molecule has 18 heavy (non-hydrogen) atoms. The van der Waals surface area contributed by atoms with Gasteiger partial charge in [-0.25, -0.2) is 4.98 Å². The molecule has 0 N–H and O–H groups in total. The van der Waals surface area contributed by atoms with Crippen LogP contribution in [0, 0.1) is 11.3 Å². The number of fused-ring (bicyclic) bond motifs is 1. The Morgan fingerprint density at radius 2 is 2.17 bits per heavy atom. The van der Waals surface area contributed by atoms with E-state index in [1.165, 1.54) is 0 Å². The molecule has 0 aliphatic heterocycles. The zero-order valence-corrected chi connectivity index (χ0v) is 9.91. The van der Waals surface area contributed by atoms with Gasteiger partial charge >= 0.3 is 0 Å². The van der Waals surface area contributed by atoms with Gasteiger partial charge in [0.25, 0.3) is 0 Å². The van der Waals surface area contributed by atoms with E-state index in [9.17, 15) is 0 Å². The lowest BCUT2D eigenvalue weighted by molar-refractivity contribution is 0.712. The Balaban J connectivity index is 2.09. The minimum Gasteiger partial charge on any atom is -0.317 e. The summed E-state index contributed by atoms with van der Waals surface area (Å²) in [5.41, 5.74) is 2.04. The molecule has 1 aromatic carbocycles. The van der Waals surface area contributed by atoms with E-state index in [1.807, 2.05) is 36.0 Å². The summed E-state index contributed by atoms with van der Waals surface area (Å²) in [7, 11) is 1.92.